The quantitative estimate of drug-likeness (QED) is 0.237. The van der Waals surface area contributed by atoms with Crippen LogP contribution in [0.2, 0.25) is 0 Å². The summed E-state index contributed by atoms with van der Waals surface area (Å²) in [6, 6.07) is 0. The zero-order chi connectivity index (χ0) is 16.5. The van der Waals surface area contributed by atoms with Crippen LogP contribution in [-0.4, -0.2) is 5.67 Å². The van der Waals surface area contributed by atoms with Gasteiger partial charge in [0.15, 0.2) is 0 Å². The maximum atomic E-state index is 14.6. The lowest BCUT2D eigenvalue weighted by Crippen LogP contribution is -2.21. The topological polar surface area (TPSA) is 0 Å². The Kier molecular flexibility index (Phi) is 15.8. The van der Waals surface area contributed by atoms with Crippen molar-refractivity contribution in [3.8, 4) is 0 Å². The zero-order valence-corrected chi connectivity index (χ0v) is 15.6. The maximum Gasteiger partial charge on any atom is 0.111 e. The summed E-state index contributed by atoms with van der Waals surface area (Å²) in [7, 11) is 0. The van der Waals surface area contributed by atoms with Crippen LogP contribution in [0.1, 0.15) is 123 Å². The van der Waals surface area contributed by atoms with E-state index in [9.17, 15) is 4.39 Å². The van der Waals surface area contributed by atoms with Crippen molar-refractivity contribution in [2.45, 2.75) is 129 Å². The Labute approximate surface area is 140 Å². The Hall–Kier alpha value is -0.0700. The first-order valence-corrected chi connectivity index (χ1v) is 10.2. The van der Waals surface area contributed by atoms with Crippen molar-refractivity contribution < 1.29 is 4.39 Å². The van der Waals surface area contributed by atoms with Crippen molar-refractivity contribution in [3.05, 3.63) is 6.92 Å². The predicted octanol–water partition coefficient (Wildman–Crippen LogP) is 8.20. The standard InChI is InChI=1S/C21H42F/c1-4-7-9-10-11-12-13-14-15-16-18-20-21(22,6-3)19-17-8-5-2/h3-20H2,1-2H3. The molecular weight excluding hydrogens is 271 g/mol. The molecule has 22 heavy (non-hydrogen) atoms. The molecule has 0 heterocycles. The summed E-state index contributed by atoms with van der Waals surface area (Å²) in [6.07, 6.45) is 19.9. The molecule has 0 bridgehead atoms. The Morgan fingerprint density at radius 3 is 1.32 bits per heavy atom. The monoisotopic (exact) mass is 313 g/mol. The minimum absolute atomic E-state index is 0.453. The first-order chi connectivity index (χ1) is 10.7. The van der Waals surface area contributed by atoms with E-state index < -0.39 is 5.67 Å². The van der Waals surface area contributed by atoms with Gasteiger partial charge in [0.25, 0.3) is 0 Å². The lowest BCUT2D eigenvalue weighted by atomic mass is 9.89. The summed E-state index contributed by atoms with van der Waals surface area (Å²) in [5.74, 6) is 0. The van der Waals surface area contributed by atoms with Crippen LogP contribution in [0.25, 0.3) is 0 Å². The molecule has 0 nitrogen and oxygen atoms in total. The van der Waals surface area contributed by atoms with Crippen LogP contribution in [0, 0.1) is 6.92 Å². The summed E-state index contributed by atoms with van der Waals surface area (Å²) in [6.45, 7) is 8.27. The fourth-order valence-corrected chi connectivity index (χ4v) is 3.17. The molecule has 0 spiro atoms. The van der Waals surface area contributed by atoms with Crippen LogP contribution in [0.3, 0.4) is 0 Å². The third-order valence-electron chi connectivity index (χ3n) is 4.90. The Balaban J connectivity index is 3.39. The molecule has 0 aliphatic heterocycles. The molecule has 1 radical (unpaired) electrons. The van der Waals surface area contributed by atoms with Gasteiger partial charge in [-0.3, -0.25) is 0 Å². The molecule has 0 fully saturated rings. The highest BCUT2D eigenvalue weighted by Crippen LogP contribution is 2.30. The van der Waals surface area contributed by atoms with E-state index in [1.807, 2.05) is 0 Å². The minimum Gasteiger partial charge on any atom is -0.244 e. The molecule has 0 aromatic rings. The number of alkyl halides is 1. The molecule has 0 aliphatic carbocycles. The molecule has 133 valence electrons. The number of hydrogen-bond acceptors (Lipinski definition) is 0. The van der Waals surface area contributed by atoms with Crippen molar-refractivity contribution >= 4 is 0 Å². The number of halogens is 1. The van der Waals surface area contributed by atoms with Crippen molar-refractivity contribution in [1.82, 2.24) is 0 Å². The lowest BCUT2D eigenvalue weighted by molar-refractivity contribution is 0.130. The van der Waals surface area contributed by atoms with E-state index >= 15 is 0 Å². The molecule has 0 aromatic heterocycles. The number of unbranched alkanes of at least 4 members (excludes halogenated alkanes) is 12. The van der Waals surface area contributed by atoms with Gasteiger partial charge in [-0.25, -0.2) is 4.39 Å². The third kappa shape index (κ3) is 13.6. The molecular formula is C21H42F. The van der Waals surface area contributed by atoms with Gasteiger partial charge in [0, 0.05) is 0 Å². The molecule has 0 rings (SSSR count). The Morgan fingerprint density at radius 2 is 0.909 bits per heavy atom. The zero-order valence-electron chi connectivity index (χ0n) is 15.6. The van der Waals surface area contributed by atoms with E-state index in [1.165, 1.54) is 70.6 Å². The molecule has 1 heteroatoms. The minimum atomic E-state index is -0.978. The van der Waals surface area contributed by atoms with E-state index in [2.05, 4.69) is 20.8 Å². The second kappa shape index (κ2) is 15.8. The summed E-state index contributed by atoms with van der Waals surface area (Å²) in [4.78, 5) is 0. The SMILES string of the molecule is [CH2]CC(F)(CCCCC)CCCCCCCCCCCCC. The maximum absolute atomic E-state index is 14.6. The molecule has 1 atom stereocenters. The van der Waals surface area contributed by atoms with Gasteiger partial charge in [-0.1, -0.05) is 111 Å². The first kappa shape index (κ1) is 21.9. The summed E-state index contributed by atoms with van der Waals surface area (Å²) in [5.41, 5.74) is -0.978. The van der Waals surface area contributed by atoms with Gasteiger partial charge in [-0.2, -0.15) is 0 Å². The molecule has 0 N–H and O–H groups in total. The smallest absolute Gasteiger partial charge is 0.111 e. The molecule has 1 unspecified atom stereocenters. The fourth-order valence-electron chi connectivity index (χ4n) is 3.17. The average Bonchev–Trinajstić information content (AvgIpc) is 2.53. The molecule has 0 aliphatic rings. The van der Waals surface area contributed by atoms with E-state index in [1.54, 1.807) is 0 Å². The van der Waals surface area contributed by atoms with Crippen molar-refractivity contribution in [2.24, 2.45) is 0 Å². The lowest BCUT2D eigenvalue weighted by Gasteiger charge is -2.23. The Morgan fingerprint density at radius 1 is 0.591 bits per heavy atom. The first-order valence-electron chi connectivity index (χ1n) is 10.2. The number of hydrogen-bond donors (Lipinski definition) is 0. The van der Waals surface area contributed by atoms with Gasteiger partial charge in [0.2, 0.25) is 0 Å². The molecule has 0 aromatic carbocycles. The second-order valence-corrected chi connectivity index (χ2v) is 7.14. The van der Waals surface area contributed by atoms with Crippen LogP contribution in [0.4, 0.5) is 4.39 Å². The molecule has 0 saturated carbocycles. The van der Waals surface area contributed by atoms with Gasteiger partial charge < -0.3 is 0 Å². The van der Waals surface area contributed by atoms with Gasteiger partial charge in [-0.05, 0) is 19.3 Å². The van der Waals surface area contributed by atoms with Gasteiger partial charge >= 0.3 is 0 Å². The van der Waals surface area contributed by atoms with Crippen molar-refractivity contribution in [3.63, 3.8) is 0 Å². The van der Waals surface area contributed by atoms with Crippen LogP contribution >= 0.6 is 0 Å². The van der Waals surface area contributed by atoms with Crippen LogP contribution in [-0.2, 0) is 0 Å². The van der Waals surface area contributed by atoms with Crippen LogP contribution < -0.4 is 0 Å². The summed E-state index contributed by atoms with van der Waals surface area (Å²) in [5, 5.41) is 0. The second-order valence-electron chi connectivity index (χ2n) is 7.14. The third-order valence-corrected chi connectivity index (χ3v) is 4.90. The highest BCUT2D eigenvalue weighted by Gasteiger charge is 2.25. The molecule has 0 amide bonds. The van der Waals surface area contributed by atoms with E-state index in [0.717, 1.165) is 32.1 Å². The van der Waals surface area contributed by atoms with Gasteiger partial charge in [0.1, 0.15) is 5.67 Å². The van der Waals surface area contributed by atoms with Gasteiger partial charge in [-0.15, -0.1) is 0 Å². The van der Waals surface area contributed by atoms with Crippen LogP contribution in [0.15, 0.2) is 0 Å². The summed E-state index contributed by atoms with van der Waals surface area (Å²) >= 11 is 0. The van der Waals surface area contributed by atoms with E-state index in [0.29, 0.717) is 6.42 Å². The highest BCUT2D eigenvalue weighted by atomic mass is 19.1. The highest BCUT2D eigenvalue weighted by molar-refractivity contribution is 4.80. The summed E-state index contributed by atoms with van der Waals surface area (Å²) < 4.78 is 14.6. The fraction of sp³-hybridized carbons (Fsp3) is 0.952. The van der Waals surface area contributed by atoms with E-state index in [4.69, 9.17) is 0 Å². The van der Waals surface area contributed by atoms with Gasteiger partial charge in [0.05, 0.1) is 0 Å². The Bertz CT molecular complexity index is 214. The largest absolute Gasteiger partial charge is 0.244 e. The van der Waals surface area contributed by atoms with Crippen molar-refractivity contribution in [1.29, 1.82) is 0 Å². The number of rotatable bonds is 17. The molecule has 0 saturated heterocycles. The average molecular weight is 314 g/mol. The van der Waals surface area contributed by atoms with E-state index in [-0.39, 0.29) is 0 Å². The normalized spacial score (nSPS) is 14.2. The predicted molar refractivity (Wildman–Crippen MR) is 99.0 cm³/mol. The van der Waals surface area contributed by atoms with Crippen molar-refractivity contribution in [2.75, 3.05) is 0 Å². The van der Waals surface area contributed by atoms with Crippen LogP contribution in [0.5, 0.6) is 0 Å².